The van der Waals surface area contributed by atoms with Gasteiger partial charge in [0.25, 0.3) is 0 Å². The van der Waals surface area contributed by atoms with Crippen LogP contribution in [0.1, 0.15) is 47.0 Å². The van der Waals surface area contributed by atoms with Gasteiger partial charge >= 0.3 is 13.8 Å². The van der Waals surface area contributed by atoms with Crippen molar-refractivity contribution in [2.45, 2.75) is 70.4 Å². The van der Waals surface area contributed by atoms with E-state index in [1.807, 2.05) is 6.92 Å². The lowest BCUT2D eigenvalue weighted by Gasteiger charge is -2.61. The van der Waals surface area contributed by atoms with Crippen LogP contribution in [0.3, 0.4) is 0 Å². The molecular formula is C22H31O9P. The van der Waals surface area contributed by atoms with E-state index in [4.69, 9.17) is 28.7 Å². The van der Waals surface area contributed by atoms with Crippen molar-refractivity contribution in [1.82, 2.24) is 0 Å². The van der Waals surface area contributed by atoms with E-state index in [0.29, 0.717) is 25.6 Å². The van der Waals surface area contributed by atoms with Gasteiger partial charge in [-0.15, -0.1) is 0 Å². The van der Waals surface area contributed by atoms with E-state index in [0.717, 1.165) is 24.0 Å². The minimum absolute atomic E-state index is 0.0353. The van der Waals surface area contributed by atoms with Crippen molar-refractivity contribution in [1.29, 1.82) is 0 Å². The van der Waals surface area contributed by atoms with Crippen LogP contribution in [0.15, 0.2) is 11.1 Å². The topological polar surface area (TPSA) is 124 Å². The molecule has 4 fully saturated rings. The average Bonchev–Trinajstić information content (AvgIpc) is 3.57. The molecule has 0 unspecified atom stereocenters. The lowest BCUT2D eigenvalue weighted by atomic mass is 9.49. The van der Waals surface area contributed by atoms with E-state index < -0.39 is 31.9 Å². The van der Waals surface area contributed by atoms with Gasteiger partial charge in [-0.1, -0.05) is 20.8 Å². The van der Waals surface area contributed by atoms with Crippen LogP contribution in [0.2, 0.25) is 0 Å². The van der Waals surface area contributed by atoms with Gasteiger partial charge in [0.05, 0.1) is 18.8 Å². The SMILES string of the molecule is CC(C)[C@]12C[C@H]1[C@@H]1O[C@@]13[C@@]1(C)CCC4=C(COC4=O)[C@@H]1CO[C@]3(C)[C@@H]2OCOP(=O)(O)O. The van der Waals surface area contributed by atoms with Crippen LogP contribution >= 0.6 is 7.82 Å². The summed E-state index contributed by atoms with van der Waals surface area (Å²) < 4.78 is 40.8. The highest BCUT2D eigenvalue weighted by Gasteiger charge is 2.92. The number of cyclic esters (lactones) is 1. The molecule has 6 aliphatic rings. The van der Waals surface area contributed by atoms with Crippen LogP contribution < -0.4 is 0 Å². The molecule has 3 aliphatic carbocycles. The van der Waals surface area contributed by atoms with E-state index in [1.54, 1.807) is 0 Å². The maximum absolute atomic E-state index is 12.2. The Morgan fingerprint density at radius 3 is 2.72 bits per heavy atom. The molecule has 1 spiro atoms. The van der Waals surface area contributed by atoms with Crippen molar-refractivity contribution in [3.63, 3.8) is 0 Å². The minimum atomic E-state index is -4.65. The Labute approximate surface area is 187 Å². The van der Waals surface area contributed by atoms with Crippen molar-refractivity contribution >= 4 is 13.8 Å². The summed E-state index contributed by atoms with van der Waals surface area (Å²) >= 11 is 0. The first-order valence-corrected chi connectivity index (χ1v) is 13.0. The lowest BCUT2D eigenvalue weighted by molar-refractivity contribution is -0.278. The monoisotopic (exact) mass is 470 g/mol. The minimum Gasteiger partial charge on any atom is -0.458 e. The molecule has 32 heavy (non-hydrogen) atoms. The molecule has 0 radical (unpaired) electrons. The van der Waals surface area contributed by atoms with Crippen LogP contribution in [0.4, 0.5) is 0 Å². The number of ether oxygens (including phenoxy) is 4. The van der Waals surface area contributed by atoms with Crippen LogP contribution in [-0.4, -0.2) is 59.2 Å². The molecule has 0 aromatic carbocycles. The van der Waals surface area contributed by atoms with Crippen LogP contribution in [0, 0.1) is 28.6 Å². The highest BCUT2D eigenvalue weighted by molar-refractivity contribution is 7.46. The van der Waals surface area contributed by atoms with Crippen molar-refractivity contribution in [3.05, 3.63) is 11.1 Å². The van der Waals surface area contributed by atoms with Gasteiger partial charge in [-0.2, -0.15) is 0 Å². The van der Waals surface area contributed by atoms with Gasteiger partial charge in [0.2, 0.25) is 0 Å². The van der Waals surface area contributed by atoms with Crippen LogP contribution in [-0.2, 0) is 32.8 Å². The van der Waals surface area contributed by atoms with E-state index in [1.165, 1.54) is 0 Å². The smallest absolute Gasteiger partial charge is 0.458 e. The van der Waals surface area contributed by atoms with E-state index in [-0.39, 0.29) is 34.7 Å². The third kappa shape index (κ3) is 2.36. The second-order valence-electron chi connectivity index (χ2n) is 11.1. The molecular weight excluding hydrogens is 439 g/mol. The van der Waals surface area contributed by atoms with Gasteiger partial charge in [-0.3, -0.25) is 4.52 Å². The third-order valence-corrected chi connectivity index (χ3v) is 10.3. The molecule has 2 saturated carbocycles. The number of epoxide rings is 1. The summed E-state index contributed by atoms with van der Waals surface area (Å²) in [6.45, 7) is 8.85. The van der Waals surface area contributed by atoms with Crippen LogP contribution in [0.5, 0.6) is 0 Å². The number of carbonyl (C=O) groups is 1. The highest BCUT2D eigenvalue weighted by Crippen LogP contribution is 2.82. The number of carbonyl (C=O) groups excluding carboxylic acids is 1. The van der Waals surface area contributed by atoms with Gasteiger partial charge < -0.3 is 28.7 Å². The normalized spacial score (nSPS) is 50.8. The molecule has 8 atom stereocenters. The first-order chi connectivity index (χ1) is 14.9. The largest absolute Gasteiger partial charge is 0.471 e. The molecule has 178 valence electrons. The van der Waals surface area contributed by atoms with Gasteiger partial charge in [0.1, 0.15) is 17.8 Å². The zero-order valence-electron chi connectivity index (χ0n) is 18.8. The molecule has 9 nitrogen and oxygen atoms in total. The second kappa shape index (κ2) is 6.25. The van der Waals surface area contributed by atoms with Crippen LogP contribution in [0.25, 0.3) is 0 Å². The van der Waals surface area contributed by atoms with E-state index >= 15 is 0 Å². The Balaban J connectivity index is 1.40. The first-order valence-electron chi connectivity index (χ1n) is 11.4. The molecule has 0 aromatic rings. The Bertz CT molecular complexity index is 972. The number of fused-ring (bicyclic) bond motifs is 4. The Hall–Kier alpha value is -0.800. The van der Waals surface area contributed by atoms with Crippen molar-refractivity contribution < 1.29 is 42.6 Å². The molecule has 3 heterocycles. The number of hydrogen-bond acceptors (Lipinski definition) is 7. The predicted octanol–water partition coefficient (Wildman–Crippen LogP) is 2.31. The van der Waals surface area contributed by atoms with Gasteiger partial charge in [-0.05, 0) is 43.6 Å². The zero-order valence-corrected chi connectivity index (χ0v) is 19.7. The summed E-state index contributed by atoms with van der Waals surface area (Å²) in [6, 6.07) is 0. The van der Waals surface area contributed by atoms with E-state index in [2.05, 4.69) is 25.3 Å². The Morgan fingerprint density at radius 2 is 2.03 bits per heavy atom. The summed E-state index contributed by atoms with van der Waals surface area (Å²) in [7, 11) is -4.65. The van der Waals surface area contributed by atoms with Crippen molar-refractivity contribution in [2.24, 2.45) is 28.6 Å². The van der Waals surface area contributed by atoms with E-state index in [9.17, 15) is 9.36 Å². The fourth-order valence-electron chi connectivity index (χ4n) is 8.26. The van der Waals surface area contributed by atoms with Gasteiger partial charge in [-0.25, -0.2) is 9.36 Å². The fourth-order valence-corrected chi connectivity index (χ4v) is 8.46. The summed E-state index contributed by atoms with van der Waals surface area (Å²) in [4.78, 5) is 30.5. The molecule has 0 aromatic heterocycles. The third-order valence-electron chi connectivity index (χ3n) is 9.86. The number of rotatable bonds is 5. The van der Waals surface area contributed by atoms with Gasteiger partial charge in [0.15, 0.2) is 6.79 Å². The fraction of sp³-hybridized carbons (Fsp3) is 0.864. The maximum atomic E-state index is 12.2. The zero-order chi connectivity index (χ0) is 22.9. The van der Waals surface area contributed by atoms with Gasteiger partial charge in [0, 0.05) is 22.3 Å². The molecule has 6 rings (SSSR count). The summed E-state index contributed by atoms with van der Waals surface area (Å²) in [5, 5.41) is 0. The average molecular weight is 470 g/mol. The second-order valence-corrected chi connectivity index (χ2v) is 12.3. The standard InChI is InChI=1S/C22H31O9P/c1-11(2)21-7-14(21)16-22(31-16)19(3)6-5-12-13(8-27-17(12)23)15(19)9-29-20(22,4)18(21)28-10-30-32(24,25)26/h11,14-16,18H,5-10H2,1-4H3,(H2,24,25,26)/t14-,15-,16-,18-,19-,20+,21+,22+/m0/s1. The number of esters is 1. The quantitative estimate of drug-likeness (QED) is 0.270. The molecule has 10 heteroatoms. The van der Waals surface area contributed by atoms with Crippen molar-refractivity contribution in [3.8, 4) is 0 Å². The highest BCUT2D eigenvalue weighted by atomic mass is 31.2. The Kier molecular flexibility index (Phi) is 4.24. The maximum Gasteiger partial charge on any atom is 0.471 e. The first kappa shape index (κ1) is 21.7. The summed E-state index contributed by atoms with van der Waals surface area (Å²) in [6.07, 6.45) is 2.01. The number of phosphoric acid groups is 1. The lowest BCUT2D eigenvalue weighted by Crippen LogP contribution is -2.73. The number of phosphoric ester groups is 1. The molecule has 0 amide bonds. The number of hydrogen-bond donors (Lipinski definition) is 2. The molecule has 2 saturated heterocycles. The predicted molar refractivity (Wildman–Crippen MR) is 109 cm³/mol. The van der Waals surface area contributed by atoms with Crippen molar-refractivity contribution in [2.75, 3.05) is 20.0 Å². The summed E-state index contributed by atoms with van der Waals surface area (Å²) in [5.74, 6) is 0.406. The molecule has 3 aliphatic heterocycles. The molecule has 2 N–H and O–H groups in total. The Morgan fingerprint density at radius 1 is 1.28 bits per heavy atom. The summed E-state index contributed by atoms with van der Waals surface area (Å²) in [5.41, 5.74) is 0.0175. The molecule has 0 bridgehead atoms.